The quantitative estimate of drug-likeness (QED) is 0.159. The zero-order chi connectivity index (χ0) is 102. The van der Waals surface area contributed by atoms with Crippen LogP contribution in [0.2, 0.25) is 0 Å². The number of allylic oxidation sites excluding steroid dienone is 1. The second-order valence-corrected chi connectivity index (χ2v) is 52.0. The minimum absolute atomic E-state index is 0.0561. The van der Waals surface area contributed by atoms with Crippen LogP contribution < -0.4 is 0 Å². The number of azo groups is 1. The Bertz CT molecular complexity index is 4610. The van der Waals surface area contributed by atoms with Gasteiger partial charge < -0.3 is 8.98 Å². The average Bonchev–Trinajstić information content (AvgIpc) is 1.60. The lowest BCUT2D eigenvalue weighted by Crippen LogP contribution is -2.24. The first-order chi connectivity index (χ1) is 58.9. The Morgan fingerprint density at radius 1 is 0.511 bits per heavy atom. The largest absolute Gasteiger partial charge is 0.448 e. The number of hydrogen-bond donors (Lipinski definition) is 0. The van der Waals surface area contributed by atoms with Crippen LogP contribution in [0, 0.1) is 96.8 Å². The van der Waals surface area contributed by atoms with Gasteiger partial charge in [0.25, 0.3) is 0 Å². The third-order valence-electron chi connectivity index (χ3n) is 22.7. The Hall–Kier alpha value is -7.08. The van der Waals surface area contributed by atoms with Gasteiger partial charge in [0.05, 0.1) is 86.6 Å². The fourth-order valence-electron chi connectivity index (χ4n) is 15.4. The van der Waals surface area contributed by atoms with E-state index in [1.807, 2.05) is 91.5 Å². The molecule has 0 bridgehead atoms. The molecule has 740 valence electrons. The summed E-state index contributed by atoms with van der Waals surface area (Å²) in [6.07, 6.45) is 17.4. The molecular formula is C108H186FN17OS4. The SMILES string of the molecule is CC(C)(C)C1(C)CC1.CC(C)(C)C1CC1(C)F.CC1=C(C(C)(C)C)C(C)N=N1.CCc1ncsc1C(C)(C)C.Cc1ccccc1C(C)C.Cc1cnn(C)c1C(C)(C)C.Cc1cnnn1C(C)(C)C.Cc1cnnn1C(C)(C)C.Cc1cnsc1C(C)(C)C.Cc1nccn1C(C)(C)C.Cc1ncoc1C(C)(C)C.Cc1ncsc1C(C)(C)C.Cc1nsc(C(C)(C)C)c1C. The molecule has 1 aliphatic heterocycles. The maximum atomic E-state index is 13.0. The molecule has 0 N–H and O–H groups in total. The molecule has 10 heterocycles. The monoisotopic (exact) mass is 1880 g/mol. The Morgan fingerprint density at radius 2 is 0.985 bits per heavy atom. The number of hydrogen-bond acceptors (Lipinski definition) is 18. The average molecular weight is 1890 g/mol. The minimum Gasteiger partial charge on any atom is -0.448 e. The Morgan fingerprint density at radius 3 is 1.17 bits per heavy atom. The third-order valence-corrected chi connectivity index (χ3v) is 28.1. The first kappa shape index (κ1) is 122. The smallest absolute Gasteiger partial charge is 0.181 e. The highest BCUT2D eigenvalue weighted by Crippen LogP contribution is 2.58. The van der Waals surface area contributed by atoms with Gasteiger partial charge in [0, 0.05) is 73.1 Å². The van der Waals surface area contributed by atoms with Gasteiger partial charge in [-0.05, 0) is 284 Å². The summed E-state index contributed by atoms with van der Waals surface area (Å²) in [5.41, 5.74) is 23.7. The molecule has 2 saturated carbocycles. The topological polar surface area (TPSA) is 199 Å². The number of alkyl halides is 1. The van der Waals surface area contributed by atoms with Gasteiger partial charge in [0.2, 0.25) is 0 Å². The molecule has 0 saturated heterocycles. The molecule has 23 heteroatoms. The third kappa shape index (κ3) is 41.6. The predicted molar refractivity (Wildman–Crippen MR) is 565 cm³/mol. The van der Waals surface area contributed by atoms with E-state index in [1.54, 1.807) is 65.1 Å². The maximum absolute atomic E-state index is 13.0. The normalized spacial score (nSPS) is 15.9. The van der Waals surface area contributed by atoms with Crippen molar-refractivity contribution < 1.29 is 8.81 Å². The number of aromatic nitrogens is 15. The lowest BCUT2D eigenvalue weighted by atomic mass is 9.79. The van der Waals surface area contributed by atoms with E-state index < -0.39 is 5.67 Å². The van der Waals surface area contributed by atoms with E-state index in [4.69, 9.17) is 4.42 Å². The van der Waals surface area contributed by atoms with Crippen molar-refractivity contribution in [2.45, 2.75) is 459 Å². The molecule has 3 atom stereocenters. The summed E-state index contributed by atoms with van der Waals surface area (Å²) in [4.78, 5) is 22.3. The number of aryl methyl sites for hydroxylation is 11. The Kier molecular flexibility index (Phi) is 45.7. The molecule has 13 rings (SSSR count). The molecule has 0 radical (unpaired) electrons. The van der Waals surface area contributed by atoms with Gasteiger partial charge in [-0.15, -0.1) is 32.9 Å². The minimum atomic E-state index is -0.849. The van der Waals surface area contributed by atoms with Crippen LogP contribution in [0.5, 0.6) is 0 Å². The molecule has 0 amide bonds. The lowest BCUT2D eigenvalue weighted by molar-refractivity contribution is 0.228. The van der Waals surface area contributed by atoms with Crippen LogP contribution in [0.25, 0.3) is 0 Å². The summed E-state index contributed by atoms with van der Waals surface area (Å²) >= 11 is 6.75. The molecular weight excluding hydrogens is 1700 g/mol. The van der Waals surface area contributed by atoms with E-state index in [-0.39, 0.29) is 66.0 Å². The lowest BCUT2D eigenvalue weighted by Gasteiger charge is -2.26. The highest BCUT2D eigenvalue weighted by Gasteiger charge is 2.56. The van der Waals surface area contributed by atoms with Crippen molar-refractivity contribution in [3.05, 3.63) is 189 Å². The van der Waals surface area contributed by atoms with E-state index in [9.17, 15) is 4.39 Å². The number of thiazole rings is 2. The van der Waals surface area contributed by atoms with E-state index >= 15 is 0 Å². The first-order valence-electron chi connectivity index (χ1n) is 47.1. The summed E-state index contributed by atoms with van der Waals surface area (Å²) < 4.78 is 34.6. The van der Waals surface area contributed by atoms with Gasteiger partial charge in [-0.25, -0.2) is 38.1 Å². The number of imidazole rings is 1. The number of nitrogens with zero attached hydrogens (tertiary/aromatic N) is 17. The molecule has 131 heavy (non-hydrogen) atoms. The second-order valence-electron chi connectivity index (χ2n) is 48.7. The molecule has 0 spiro atoms. The molecule has 10 aromatic rings. The number of benzene rings is 1. The fraction of sp³-hybridized carbons (Fsp3) is 0.694. The van der Waals surface area contributed by atoms with Gasteiger partial charge in [0.1, 0.15) is 17.3 Å². The molecule has 18 nitrogen and oxygen atoms in total. The van der Waals surface area contributed by atoms with Gasteiger partial charge in [-0.1, -0.05) is 249 Å². The molecule has 2 aliphatic carbocycles. The van der Waals surface area contributed by atoms with Crippen LogP contribution in [0.1, 0.15) is 422 Å². The van der Waals surface area contributed by atoms with E-state index in [1.165, 1.54) is 94.9 Å². The van der Waals surface area contributed by atoms with E-state index in [2.05, 4.69) is 419 Å². The van der Waals surface area contributed by atoms with Gasteiger partial charge >= 0.3 is 0 Å². The summed E-state index contributed by atoms with van der Waals surface area (Å²) in [6.45, 7) is 114. The molecule has 9 aromatic heterocycles. The molecule has 1 aromatic carbocycles. The van der Waals surface area contributed by atoms with Crippen molar-refractivity contribution in [3.63, 3.8) is 0 Å². The molecule has 3 unspecified atom stereocenters. The predicted octanol–water partition coefficient (Wildman–Crippen LogP) is 32.4. The van der Waals surface area contributed by atoms with Crippen molar-refractivity contribution in [3.8, 4) is 0 Å². The summed E-state index contributed by atoms with van der Waals surface area (Å²) in [7, 11) is 1.99. The van der Waals surface area contributed by atoms with Gasteiger partial charge in [-0.3, -0.25) is 4.68 Å². The number of rotatable bonds is 2. The van der Waals surface area contributed by atoms with Crippen LogP contribution in [0.4, 0.5) is 4.39 Å². The highest BCUT2D eigenvalue weighted by molar-refractivity contribution is 7.10. The van der Waals surface area contributed by atoms with Crippen molar-refractivity contribution >= 4 is 45.7 Å². The fourth-order valence-corrected chi connectivity index (χ4v) is 19.0. The van der Waals surface area contributed by atoms with Crippen LogP contribution in [-0.2, 0) is 62.6 Å². The number of oxazole rings is 1. The second kappa shape index (κ2) is 49.1. The zero-order valence-corrected chi connectivity index (χ0v) is 96.4. The van der Waals surface area contributed by atoms with E-state index in [0.717, 1.165) is 47.2 Å². The van der Waals surface area contributed by atoms with Gasteiger partial charge in [-0.2, -0.15) is 19.7 Å². The zero-order valence-electron chi connectivity index (χ0n) is 93.1. The first-order valence-corrected chi connectivity index (χ1v) is 50.5. The van der Waals surface area contributed by atoms with Crippen LogP contribution >= 0.6 is 45.7 Å². The van der Waals surface area contributed by atoms with Gasteiger partial charge in [0.15, 0.2) is 6.39 Å². The summed E-state index contributed by atoms with van der Waals surface area (Å²) in [6, 6.07) is 8.83. The number of halogens is 1. The Labute approximate surface area is 815 Å². The summed E-state index contributed by atoms with van der Waals surface area (Å²) in [5.74, 6) is 3.01. The maximum Gasteiger partial charge on any atom is 0.181 e. The van der Waals surface area contributed by atoms with Crippen LogP contribution in [-0.4, -0.2) is 84.7 Å². The molecule has 3 aliphatic rings. The van der Waals surface area contributed by atoms with Crippen LogP contribution in [0.3, 0.4) is 0 Å². The highest BCUT2D eigenvalue weighted by atomic mass is 32.1. The van der Waals surface area contributed by atoms with Crippen molar-refractivity contribution in [1.29, 1.82) is 0 Å². The molecule has 2 fully saturated rings. The van der Waals surface area contributed by atoms with E-state index in [0.29, 0.717) is 22.7 Å². The van der Waals surface area contributed by atoms with Crippen molar-refractivity contribution in [2.24, 2.45) is 44.9 Å². The van der Waals surface area contributed by atoms with Crippen molar-refractivity contribution in [1.82, 2.24) is 73.0 Å². The van der Waals surface area contributed by atoms with Crippen molar-refractivity contribution in [2.75, 3.05) is 0 Å². The Balaban J connectivity index is 0.000000710. The summed E-state index contributed by atoms with van der Waals surface area (Å²) in [5, 5.41) is 27.9. The van der Waals surface area contributed by atoms with Crippen LogP contribution in [0.15, 0.2) is 105 Å². The standard InChI is InChI=1S/C10H14.2C9H16N2.2C9H15NS.C8H15F.C8H14N2.C8H13NO.2C8H13NS.C8H16.2C7H13N3/c1-8(2)10-7-5-4-6-9(10)3;1-7-6-10-11(5)8(7)9(2,3)4;1-6-8(9(3,4)5)7(2)11-10-6;1-6-7(2)10-11-8(6)9(3,4)5;1-5-7-8(9(2,3)4)11-6-10-7;1-7(2,3)6-5-8(6,4)9;1-7-9-5-6-10(7)8(2,3)4;2*1-6-7(8(2,3)4)10-5-9-6;1-6-5-9-10-7(6)8(2,3)4;1-7(2,3)8(4)5-6-8;2*1-6-5-8-9-10(6)7(2,3)4/h4-8H,1-3H3;2*6H,1-5H3;1-5H3;6H,5H2,1-4H3;6H,5H2,1-4H3;5-6H,1-4H3;3*5H,1-4H3;5-6H2,1-4H3;2*5H,1-4H3.